The lowest BCUT2D eigenvalue weighted by molar-refractivity contribution is 0.569. The average molecular weight is 239 g/mol. The molecule has 3 heteroatoms. The van der Waals surface area contributed by atoms with Gasteiger partial charge in [0.1, 0.15) is 0 Å². The molecule has 16 heavy (non-hydrogen) atoms. The molecule has 2 rings (SSSR count). The van der Waals surface area contributed by atoms with Crippen LogP contribution in [0.25, 0.3) is 0 Å². The molecule has 1 aliphatic rings. The lowest BCUT2D eigenvalue weighted by Gasteiger charge is -2.22. The van der Waals surface area contributed by atoms with Crippen LogP contribution in [0.3, 0.4) is 0 Å². The largest absolute Gasteiger partial charge is 0.371 e. The van der Waals surface area contributed by atoms with E-state index in [1.807, 2.05) is 12.1 Å². The van der Waals surface area contributed by atoms with E-state index in [-0.39, 0.29) is 0 Å². The van der Waals surface area contributed by atoms with Crippen molar-refractivity contribution in [2.24, 2.45) is 11.7 Å². The molecule has 1 aromatic rings. The molecule has 0 radical (unpaired) electrons. The van der Waals surface area contributed by atoms with Crippen molar-refractivity contribution in [1.82, 2.24) is 0 Å². The van der Waals surface area contributed by atoms with Crippen LogP contribution in [0, 0.1) is 5.92 Å². The maximum absolute atomic E-state index is 6.17. The first-order valence-corrected chi connectivity index (χ1v) is 6.36. The zero-order valence-corrected chi connectivity index (χ0v) is 10.5. The van der Waals surface area contributed by atoms with Crippen LogP contribution in [0.15, 0.2) is 18.2 Å². The first-order chi connectivity index (χ1) is 7.76. The van der Waals surface area contributed by atoms with Crippen molar-refractivity contribution in [3.05, 3.63) is 28.8 Å². The minimum Gasteiger partial charge on any atom is -0.371 e. The summed E-state index contributed by atoms with van der Waals surface area (Å²) in [6.45, 7) is 5.05. The Morgan fingerprint density at radius 2 is 2.31 bits per heavy atom. The van der Waals surface area contributed by atoms with Gasteiger partial charge in [0.05, 0.1) is 0 Å². The molecule has 1 fully saturated rings. The van der Waals surface area contributed by atoms with E-state index in [1.165, 1.54) is 18.5 Å². The Hall–Kier alpha value is -0.730. The predicted octanol–water partition coefficient (Wildman–Crippen LogP) is 3.04. The molecule has 2 nitrogen and oxygen atoms in total. The van der Waals surface area contributed by atoms with Crippen LogP contribution in [0.1, 0.15) is 25.3 Å². The normalized spacial score (nSPS) is 20.4. The average Bonchev–Trinajstić information content (AvgIpc) is 2.77. The first kappa shape index (κ1) is 11.7. The highest BCUT2D eigenvalue weighted by Crippen LogP contribution is 2.31. The second-order valence-electron chi connectivity index (χ2n) is 4.45. The number of hydrogen-bond donors (Lipinski definition) is 1. The topological polar surface area (TPSA) is 29.3 Å². The summed E-state index contributed by atoms with van der Waals surface area (Å²) < 4.78 is 0. The van der Waals surface area contributed by atoms with Gasteiger partial charge >= 0.3 is 0 Å². The molecule has 2 N–H and O–H groups in total. The zero-order chi connectivity index (χ0) is 11.5. The third kappa shape index (κ3) is 2.18. The van der Waals surface area contributed by atoms with E-state index in [0.29, 0.717) is 6.54 Å². The molecule has 0 spiro atoms. The number of hydrogen-bond acceptors (Lipinski definition) is 2. The third-order valence-corrected chi connectivity index (χ3v) is 3.86. The van der Waals surface area contributed by atoms with Crippen molar-refractivity contribution in [2.75, 3.05) is 18.0 Å². The molecule has 1 saturated heterocycles. The summed E-state index contributed by atoms with van der Waals surface area (Å²) in [4.78, 5) is 2.42. The maximum atomic E-state index is 6.17. The van der Waals surface area contributed by atoms with Crippen LogP contribution in [0.5, 0.6) is 0 Å². The number of nitrogens with two attached hydrogens (primary N) is 1. The van der Waals surface area contributed by atoms with Gasteiger partial charge in [-0.05, 0) is 24.5 Å². The van der Waals surface area contributed by atoms with Crippen LogP contribution in [0.4, 0.5) is 5.69 Å². The summed E-state index contributed by atoms with van der Waals surface area (Å²) in [6, 6.07) is 6.06. The number of rotatable bonds is 3. The molecule has 1 atom stereocenters. The Labute approximate surface area is 102 Å². The minimum absolute atomic E-state index is 0.516. The van der Waals surface area contributed by atoms with E-state index in [9.17, 15) is 0 Å². The smallest absolute Gasteiger partial charge is 0.0471 e. The fourth-order valence-corrected chi connectivity index (χ4v) is 2.68. The molecule has 1 aromatic carbocycles. The van der Waals surface area contributed by atoms with Crippen LogP contribution < -0.4 is 10.6 Å². The zero-order valence-electron chi connectivity index (χ0n) is 9.75. The van der Waals surface area contributed by atoms with E-state index in [0.717, 1.165) is 29.6 Å². The molecule has 0 aliphatic carbocycles. The van der Waals surface area contributed by atoms with Gasteiger partial charge in [0.15, 0.2) is 0 Å². The second kappa shape index (κ2) is 5.07. The highest BCUT2D eigenvalue weighted by atomic mass is 35.5. The lowest BCUT2D eigenvalue weighted by Crippen LogP contribution is -2.21. The van der Waals surface area contributed by atoms with Crippen molar-refractivity contribution in [2.45, 2.75) is 26.3 Å². The van der Waals surface area contributed by atoms with Gasteiger partial charge in [0.25, 0.3) is 0 Å². The summed E-state index contributed by atoms with van der Waals surface area (Å²) in [6.07, 6.45) is 2.54. The van der Waals surface area contributed by atoms with Crippen molar-refractivity contribution in [3.8, 4) is 0 Å². The quantitative estimate of drug-likeness (QED) is 0.877. The van der Waals surface area contributed by atoms with Crippen molar-refractivity contribution in [3.63, 3.8) is 0 Å². The fourth-order valence-electron chi connectivity index (χ4n) is 2.43. The van der Waals surface area contributed by atoms with Crippen molar-refractivity contribution in [1.29, 1.82) is 0 Å². The molecule has 88 valence electrons. The maximum Gasteiger partial charge on any atom is 0.0471 e. The molecule has 0 aromatic heterocycles. The third-order valence-electron chi connectivity index (χ3n) is 3.50. The van der Waals surface area contributed by atoms with E-state index in [4.69, 9.17) is 17.3 Å². The SMILES string of the molecule is CCC1CCN(c2cccc(Cl)c2CN)C1. The van der Waals surface area contributed by atoms with Crippen LogP contribution in [-0.2, 0) is 6.54 Å². The van der Waals surface area contributed by atoms with Crippen molar-refractivity contribution < 1.29 is 0 Å². The summed E-state index contributed by atoms with van der Waals surface area (Å²) in [5, 5.41) is 0.792. The molecule has 0 amide bonds. The summed E-state index contributed by atoms with van der Waals surface area (Å²) >= 11 is 6.17. The number of benzene rings is 1. The molecule has 1 heterocycles. The molecule has 1 unspecified atom stereocenters. The molecule has 0 saturated carbocycles. The summed E-state index contributed by atoms with van der Waals surface area (Å²) in [5.41, 5.74) is 8.09. The monoisotopic (exact) mass is 238 g/mol. The second-order valence-corrected chi connectivity index (χ2v) is 4.86. The van der Waals surface area contributed by atoms with Gasteiger partial charge in [-0.1, -0.05) is 31.0 Å². The summed E-state index contributed by atoms with van der Waals surface area (Å²) in [5.74, 6) is 0.824. The number of anilines is 1. The first-order valence-electron chi connectivity index (χ1n) is 5.98. The highest BCUT2D eigenvalue weighted by molar-refractivity contribution is 6.31. The van der Waals surface area contributed by atoms with Crippen LogP contribution >= 0.6 is 11.6 Å². The number of nitrogens with zero attached hydrogens (tertiary/aromatic N) is 1. The Bertz CT molecular complexity index is 365. The highest BCUT2D eigenvalue weighted by Gasteiger charge is 2.23. The van der Waals surface area contributed by atoms with E-state index in [2.05, 4.69) is 17.9 Å². The Morgan fingerprint density at radius 3 is 2.94 bits per heavy atom. The van der Waals surface area contributed by atoms with Crippen molar-refractivity contribution >= 4 is 17.3 Å². The summed E-state index contributed by atoms with van der Waals surface area (Å²) in [7, 11) is 0. The molecule has 0 bridgehead atoms. The van der Waals surface area contributed by atoms with Gasteiger partial charge in [0, 0.05) is 35.9 Å². The van der Waals surface area contributed by atoms with Crippen LogP contribution in [-0.4, -0.2) is 13.1 Å². The predicted molar refractivity (Wildman–Crippen MR) is 70.0 cm³/mol. The van der Waals surface area contributed by atoms with Crippen LogP contribution in [0.2, 0.25) is 5.02 Å². The van der Waals surface area contributed by atoms with Gasteiger partial charge in [-0.2, -0.15) is 0 Å². The van der Waals surface area contributed by atoms with Gasteiger partial charge in [-0.25, -0.2) is 0 Å². The number of halogens is 1. The van der Waals surface area contributed by atoms with Gasteiger partial charge in [-0.15, -0.1) is 0 Å². The molecular weight excluding hydrogens is 220 g/mol. The van der Waals surface area contributed by atoms with Gasteiger partial charge in [0.2, 0.25) is 0 Å². The van der Waals surface area contributed by atoms with E-state index in [1.54, 1.807) is 0 Å². The van der Waals surface area contributed by atoms with E-state index < -0.39 is 0 Å². The minimum atomic E-state index is 0.516. The molecular formula is C13H19ClN2. The molecule has 1 aliphatic heterocycles. The Kier molecular flexibility index (Phi) is 3.72. The standard InChI is InChI=1S/C13H19ClN2/c1-2-10-6-7-16(9-10)13-5-3-4-12(14)11(13)8-15/h3-5,10H,2,6-9,15H2,1H3. The van der Waals surface area contributed by atoms with Gasteiger partial charge < -0.3 is 10.6 Å². The van der Waals surface area contributed by atoms with Gasteiger partial charge in [-0.3, -0.25) is 0 Å². The Morgan fingerprint density at radius 1 is 1.50 bits per heavy atom. The lowest BCUT2D eigenvalue weighted by atomic mass is 10.1. The fraction of sp³-hybridized carbons (Fsp3) is 0.538. The van der Waals surface area contributed by atoms with E-state index >= 15 is 0 Å². The Balaban J connectivity index is 2.24.